The second-order valence-electron chi connectivity index (χ2n) is 4.53. The Labute approximate surface area is 135 Å². The molecule has 5 heteroatoms. The Balaban J connectivity index is 2.21. The van der Waals surface area contributed by atoms with E-state index in [2.05, 4.69) is 62.5 Å². The van der Waals surface area contributed by atoms with Gasteiger partial charge in [-0.2, -0.15) is 0 Å². The summed E-state index contributed by atoms with van der Waals surface area (Å²) in [5.74, 6) is 0. The number of rotatable bonds is 3. The number of imidazole rings is 1. The van der Waals surface area contributed by atoms with Gasteiger partial charge in [0.05, 0.1) is 17.6 Å². The van der Waals surface area contributed by atoms with Gasteiger partial charge in [0.25, 0.3) is 0 Å². The number of aromatic nitrogens is 2. The Morgan fingerprint density at radius 3 is 2.90 bits per heavy atom. The highest BCUT2D eigenvalue weighted by Gasteiger charge is 2.07. The molecule has 0 saturated carbocycles. The number of hydrogen-bond donors (Lipinski definition) is 1. The first-order valence-electron chi connectivity index (χ1n) is 6.17. The van der Waals surface area contributed by atoms with Gasteiger partial charge >= 0.3 is 0 Å². The summed E-state index contributed by atoms with van der Waals surface area (Å²) < 4.78 is 9.14. The second kappa shape index (κ2) is 5.67. The average Bonchev–Trinajstić information content (AvgIpc) is 2.74. The van der Waals surface area contributed by atoms with Crippen molar-refractivity contribution in [3.63, 3.8) is 0 Å². The van der Waals surface area contributed by atoms with Crippen LogP contribution in [0.15, 0.2) is 42.5 Å². The van der Waals surface area contributed by atoms with E-state index in [0.717, 1.165) is 22.3 Å². The first-order chi connectivity index (χ1) is 9.69. The molecule has 0 amide bonds. The Morgan fingerprint density at radius 2 is 2.10 bits per heavy atom. The number of nitrogens with zero attached hydrogens (tertiary/aromatic N) is 1. The minimum Gasteiger partial charge on any atom is -0.380 e. The molecule has 1 aromatic heterocycles. The van der Waals surface area contributed by atoms with Crippen LogP contribution in [0.2, 0.25) is 0 Å². The predicted octanol–water partition coefficient (Wildman–Crippen LogP) is 4.44. The molecular formula is C15H13IN2OS. The Hall–Kier alpha value is -1.18. The highest BCUT2D eigenvalue weighted by atomic mass is 127. The number of nitrogens with one attached hydrogen (secondary N) is 1. The molecule has 0 aliphatic carbocycles. The molecule has 102 valence electrons. The number of methoxy groups -OCH3 is 1. The number of hydrogen-bond acceptors (Lipinski definition) is 2. The number of halogens is 1. The zero-order chi connectivity index (χ0) is 14.1. The SMILES string of the molecule is COCc1cccc(-n2c(=S)[nH]c3cc(I)ccc32)c1. The molecule has 0 radical (unpaired) electrons. The van der Waals surface area contributed by atoms with Crippen molar-refractivity contribution in [3.8, 4) is 5.69 Å². The molecule has 0 spiro atoms. The van der Waals surface area contributed by atoms with Gasteiger partial charge in [-0.25, -0.2) is 0 Å². The van der Waals surface area contributed by atoms with Crippen LogP contribution in [-0.2, 0) is 11.3 Å². The van der Waals surface area contributed by atoms with Gasteiger partial charge in [0.15, 0.2) is 4.77 Å². The summed E-state index contributed by atoms with van der Waals surface area (Å²) in [7, 11) is 1.70. The Morgan fingerprint density at radius 1 is 1.25 bits per heavy atom. The topological polar surface area (TPSA) is 29.9 Å². The minimum atomic E-state index is 0.599. The third kappa shape index (κ3) is 2.53. The van der Waals surface area contributed by atoms with Crippen LogP contribution in [0, 0.1) is 8.34 Å². The Kier molecular flexibility index (Phi) is 3.91. The lowest BCUT2D eigenvalue weighted by molar-refractivity contribution is 0.185. The number of ether oxygens (including phenoxy) is 1. The van der Waals surface area contributed by atoms with E-state index >= 15 is 0 Å². The van der Waals surface area contributed by atoms with Crippen molar-refractivity contribution in [1.29, 1.82) is 0 Å². The molecule has 20 heavy (non-hydrogen) atoms. The van der Waals surface area contributed by atoms with Crippen molar-refractivity contribution in [3.05, 3.63) is 56.4 Å². The van der Waals surface area contributed by atoms with Gasteiger partial charge in [-0.05, 0) is 70.7 Å². The molecule has 0 atom stereocenters. The molecule has 0 unspecified atom stereocenters. The normalized spacial score (nSPS) is 11.1. The number of H-pyrrole nitrogens is 1. The summed E-state index contributed by atoms with van der Waals surface area (Å²) >= 11 is 7.76. The fraction of sp³-hybridized carbons (Fsp3) is 0.133. The molecule has 2 aromatic carbocycles. The van der Waals surface area contributed by atoms with Crippen LogP contribution in [0.1, 0.15) is 5.56 Å². The van der Waals surface area contributed by atoms with E-state index in [-0.39, 0.29) is 0 Å². The summed E-state index contributed by atoms with van der Waals surface area (Å²) in [5.41, 5.74) is 4.33. The van der Waals surface area contributed by atoms with Crippen molar-refractivity contribution in [1.82, 2.24) is 9.55 Å². The third-order valence-electron chi connectivity index (χ3n) is 3.12. The van der Waals surface area contributed by atoms with E-state index < -0.39 is 0 Å². The largest absolute Gasteiger partial charge is 0.380 e. The zero-order valence-corrected chi connectivity index (χ0v) is 13.9. The first-order valence-corrected chi connectivity index (χ1v) is 7.66. The lowest BCUT2D eigenvalue weighted by Gasteiger charge is -2.07. The molecule has 3 nitrogen and oxygen atoms in total. The molecule has 0 aliphatic rings. The van der Waals surface area contributed by atoms with Gasteiger partial charge in [0, 0.05) is 16.4 Å². The number of fused-ring (bicyclic) bond motifs is 1. The van der Waals surface area contributed by atoms with Crippen LogP contribution in [0.4, 0.5) is 0 Å². The summed E-state index contributed by atoms with van der Waals surface area (Å²) in [5, 5.41) is 0. The van der Waals surface area contributed by atoms with Crippen molar-refractivity contribution in [2.75, 3.05) is 7.11 Å². The molecule has 0 saturated heterocycles. The van der Waals surface area contributed by atoms with Crippen LogP contribution in [0.3, 0.4) is 0 Å². The van der Waals surface area contributed by atoms with E-state index in [1.165, 1.54) is 3.57 Å². The highest BCUT2D eigenvalue weighted by Crippen LogP contribution is 2.22. The van der Waals surface area contributed by atoms with Crippen LogP contribution < -0.4 is 0 Å². The molecule has 3 aromatic rings. The maximum absolute atomic E-state index is 5.46. The van der Waals surface area contributed by atoms with Crippen LogP contribution in [0.25, 0.3) is 16.7 Å². The third-order valence-corrected chi connectivity index (χ3v) is 4.08. The fourth-order valence-corrected chi connectivity index (χ4v) is 3.10. The average molecular weight is 396 g/mol. The van der Waals surface area contributed by atoms with E-state index in [0.29, 0.717) is 11.4 Å². The van der Waals surface area contributed by atoms with Crippen LogP contribution in [-0.4, -0.2) is 16.7 Å². The Bertz CT molecular complexity index is 822. The molecular weight excluding hydrogens is 383 g/mol. The van der Waals surface area contributed by atoms with Gasteiger partial charge in [-0.15, -0.1) is 0 Å². The summed E-state index contributed by atoms with van der Waals surface area (Å²) in [4.78, 5) is 3.26. The molecule has 0 bridgehead atoms. The van der Waals surface area contributed by atoms with Crippen molar-refractivity contribution < 1.29 is 4.74 Å². The van der Waals surface area contributed by atoms with Gasteiger partial charge in [-0.3, -0.25) is 4.57 Å². The zero-order valence-electron chi connectivity index (χ0n) is 10.9. The lowest BCUT2D eigenvalue weighted by atomic mass is 10.2. The van der Waals surface area contributed by atoms with Crippen molar-refractivity contribution in [2.45, 2.75) is 6.61 Å². The van der Waals surface area contributed by atoms with E-state index in [4.69, 9.17) is 17.0 Å². The van der Waals surface area contributed by atoms with Gasteiger partial charge in [-0.1, -0.05) is 12.1 Å². The molecule has 3 rings (SSSR count). The highest BCUT2D eigenvalue weighted by molar-refractivity contribution is 14.1. The van der Waals surface area contributed by atoms with Gasteiger partial charge < -0.3 is 9.72 Å². The summed E-state index contributed by atoms with van der Waals surface area (Å²) in [6.07, 6.45) is 0. The lowest BCUT2D eigenvalue weighted by Crippen LogP contribution is -1.96. The first kappa shape index (κ1) is 13.8. The number of benzene rings is 2. The monoisotopic (exact) mass is 396 g/mol. The maximum Gasteiger partial charge on any atom is 0.182 e. The van der Waals surface area contributed by atoms with E-state index in [9.17, 15) is 0 Å². The maximum atomic E-state index is 5.46. The molecule has 0 aliphatic heterocycles. The molecule has 1 heterocycles. The number of aromatic amines is 1. The van der Waals surface area contributed by atoms with E-state index in [1.807, 2.05) is 12.1 Å². The summed E-state index contributed by atoms with van der Waals surface area (Å²) in [6, 6.07) is 14.5. The quantitative estimate of drug-likeness (QED) is 0.524. The molecule has 0 fully saturated rings. The predicted molar refractivity (Wildman–Crippen MR) is 91.9 cm³/mol. The molecule has 1 N–H and O–H groups in total. The summed E-state index contributed by atoms with van der Waals surface area (Å²) in [6.45, 7) is 0.599. The van der Waals surface area contributed by atoms with Gasteiger partial charge in [0.2, 0.25) is 0 Å². The standard InChI is InChI=1S/C15H13IN2OS/c1-19-9-10-3-2-4-12(7-10)18-14-6-5-11(16)8-13(14)17-15(18)20/h2-8H,9H2,1H3,(H,17,20). The van der Waals surface area contributed by atoms with Crippen molar-refractivity contribution >= 4 is 45.8 Å². The minimum absolute atomic E-state index is 0.599. The van der Waals surface area contributed by atoms with E-state index in [1.54, 1.807) is 7.11 Å². The second-order valence-corrected chi connectivity index (χ2v) is 6.16. The van der Waals surface area contributed by atoms with Crippen molar-refractivity contribution in [2.24, 2.45) is 0 Å². The van der Waals surface area contributed by atoms with Gasteiger partial charge in [0.1, 0.15) is 0 Å². The smallest absolute Gasteiger partial charge is 0.182 e. The van der Waals surface area contributed by atoms with Crippen LogP contribution in [0.5, 0.6) is 0 Å². The van der Waals surface area contributed by atoms with Crippen LogP contribution >= 0.6 is 34.8 Å². The fourth-order valence-electron chi connectivity index (χ4n) is 2.29.